The van der Waals surface area contributed by atoms with E-state index in [9.17, 15) is 0 Å². The molecule has 108 valence electrons. The quantitative estimate of drug-likeness (QED) is 0.636. The number of benzene rings is 2. The van der Waals surface area contributed by atoms with Crippen LogP contribution in [0, 0.1) is 0 Å². The third-order valence-electron chi connectivity index (χ3n) is 3.72. The zero-order valence-corrected chi connectivity index (χ0v) is 13.5. The molecule has 0 atom stereocenters. The maximum atomic E-state index is 6.09. The Balaban J connectivity index is 2.10. The highest BCUT2D eigenvalue weighted by Gasteiger charge is 2.39. The zero-order valence-electron chi connectivity index (χ0n) is 12.6. The van der Waals surface area contributed by atoms with Gasteiger partial charge in [0.05, 0.1) is 0 Å². The van der Waals surface area contributed by atoms with Gasteiger partial charge < -0.3 is 4.74 Å². The molecule has 2 heteroatoms. The Morgan fingerprint density at radius 1 is 1.00 bits per heavy atom. The molecule has 3 rings (SSSR count). The molecule has 1 aliphatic rings. The van der Waals surface area contributed by atoms with E-state index in [1.54, 1.807) is 0 Å². The molecule has 21 heavy (non-hydrogen) atoms. The highest BCUT2D eigenvalue weighted by Crippen LogP contribution is 2.47. The van der Waals surface area contributed by atoms with Crippen LogP contribution in [-0.2, 0) is 10.9 Å². The van der Waals surface area contributed by atoms with Crippen molar-refractivity contribution in [2.45, 2.75) is 42.9 Å². The molecule has 0 aromatic heterocycles. The van der Waals surface area contributed by atoms with Gasteiger partial charge in [-0.2, -0.15) is 0 Å². The summed E-state index contributed by atoms with van der Waals surface area (Å²) in [5.41, 5.74) is 0. The summed E-state index contributed by atoms with van der Waals surface area (Å²) in [7, 11) is 0.00228. The van der Waals surface area contributed by atoms with Crippen LogP contribution in [0.15, 0.2) is 69.3 Å². The molecule has 1 nitrogen and oxygen atoms in total. The van der Waals surface area contributed by atoms with E-state index in [4.69, 9.17) is 4.74 Å². The molecule has 0 radical (unpaired) electrons. The first-order valence-corrected chi connectivity index (χ1v) is 8.83. The molecule has 2 aromatic carbocycles. The van der Waals surface area contributed by atoms with Crippen LogP contribution < -0.4 is 4.74 Å². The van der Waals surface area contributed by atoms with Crippen LogP contribution in [0.3, 0.4) is 0 Å². The van der Waals surface area contributed by atoms with Gasteiger partial charge in [-0.15, -0.1) is 0 Å². The number of fused-ring (bicyclic) bond motifs is 2. The Labute approximate surface area is 130 Å². The summed E-state index contributed by atoms with van der Waals surface area (Å²) in [4.78, 5) is 4.17. The minimum Gasteiger partial charge on any atom is -0.447 e. The minimum absolute atomic E-state index is 0.00228. The Morgan fingerprint density at radius 3 is 2.10 bits per heavy atom. The maximum Gasteiger partial charge on any atom is 0.208 e. The standard InChI is InChI=1S/C19H21OS/c1-3-5-10-15(4-2)21-18-13-8-6-11-16(18)20-17-12-7-9-14-19(17)21/h4,6-9,11-14H,3,5,10H2,1-2H3/q+1/b15-4+. The number of ether oxygens (including phenoxy) is 1. The highest BCUT2D eigenvalue weighted by atomic mass is 32.2. The highest BCUT2D eigenvalue weighted by molar-refractivity contribution is 8.00. The van der Waals surface area contributed by atoms with Crippen molar-refractivity contribution in [3.63, 3.8) is 0 Å². The number of rotatable bonds is 4. The lowest BCUT2D eigenvalue weighted by Gasteiger charge is -2.20. The third-order valence-corrected chi connectivity index (χ3v) is 6.24. The summed E-state index contributed by atoms with van der Waals surface area (Å²) in [5.74, 6) is 2.02. The molecule has 0 amide bonds. The molecule has 0 N–H and O–H groups in total. The molecule has 0 saturated heterocycles. The summed E-state index contributed by atoms with van der Waals surface area (Å²) >= 11 is 0. The van der Waals surface area contributed by atoms with E-state index < -0.39 is 0 Å². The molecule has 0 bridgehead atoms. The van der Waals surface area contributed by atoms with E-state index >= 15 is 0 Å². The summed E-state index contributed by atoms with van der Waals surface area (Å²) in [6.45, 7) is 4.42. The van der Waals surface area contributed by atoms with Gasteiger partial charge in [0.2, 0.25) is 9.79 Å². The Bertz CT molecular complexity index is 615. The van der Waals surface area contributed by atoms with Crippen molar-refractivity contribution in [1.29, 1.82) is 0 Å². The van der Waals surface area contributed by atoms with Gasteiger partial charge in [0, 0.05) is 6.42 Å². The summed E-state index contributed by atoms with van der Waals surface area (Å²) in [6.07, 6.45) is 5.94. The van der Waals surface area contributed by atoms with Gasteiger partial charge in [0.1, 0.15) is 15.8 Å². The van der Waals surface area contributed by atoms with Crippen LogP contribution in [0.4, 0.5) is 0 Å². The number of hydrogen-bond donors (Lipinski definition) is 0. The van der Waals surface area contributed by atoms with E-state index in [0.717, 1.165) is 11.5 Å². The van der Waals surface area contributed by atoms with Gasteiger partial charge in [0.15, 0.2) is 11.5 Å². The monoisotopic (exact) mass is 297 g/mol. The molecular weight excluding hydrogens is 276 g/mol. The molecular formula is C19H21OS+. The van der Waals surface area contributed by atoms with E-state index in [2.05, 4.69) is 68.5 Å². The van der Waals surface area contributed by atoms with Crippen molar-refractivity contribution in [2.75, 3.05) is 0 Å². The van der Waals surface area contributed by atoms with Gasteiger partial charge >= 0.3 is 0 Å². The second-order valence-electron chi connectivity index (χ2n) is 5.16. The van der Waals surface area contributed by atoms with Crippen molar-refractivity contribution in [3.8, 4) is 11.5 Å². The van der Waals surface area contributed by atoms with Crippen molar-refractivity contribution in [3.05, 3.63) is 59.5 Å². The lowest BCUT2D eigenvalue weighted by molar-refractivity contribution is 0.453. The first-order chi connectivity index (χ1) is 10.3. The Kier molecular flexibility index (Phi) is 4.35. The van der Waals surface area contributed by atoms with Crippen LogP contribution >= 0.6 is 0 Å². The van der Waals surface area contributed by atoms with Gasteiger partial charge in [-0.25, -0.2) is 0 Å². The first-order valence-electron chi connectivity index (χ1n) is 7.60. The van der Waals surface area contributed by atoms with Crippen molar-refractivity contribution in [1.82, 2.24) is 0 Å². The van der Waals surface area contributed by atoms with Crippen LogP contribution in [0.2, 0.25) is 0 Å². The number of para-hydroxylation sites is 2. The average molecular weight is 297 g/mol. The number of allylic oxidation sites excluding steroid dienone is 2. The van der Waals surface area contributed by atoms with Gasteiger partial charge in [-0.3, -0.25) is 0 Å². The van der Waals surface area contributed by atoms with E-state index in [1.807, 2.05) is 0 Å². The average Bonchev–Trinajstić information content (AvgIpc) is 2.54. The SMILES string of the molecule is C/C=C(\CCCC)[S+]1c2ccccc2Oc2ccccc21. The maximum absolute atomic E-state index is 6.09. The molecule has 1 heterocycles. The van der Waals surface area contributed by atoms with E-state index in [1.165, 1.54) is 34.0 Å². The van der Waals surface area contributed by atoms with Crippen LogP contribution in [-0.4, -0.2) is 0 Å². The zero-order chi connectivity index (χ0) is 14.7. The van der Waals surface area contributed by atoms with Crippen LogP contribution in [0.25, 0.3) is 0 Å². The van der Waals surface area contributed by atoms with Crippen molar-refractivity contribution in [2.24, 2.45) is 0 Å². The Morgan fingerprint density at radius 2 is 1.57 bits per heavy atom. The summed E-state index contributed by atoms with van der Waals surface area (Å²) in [6, 6.07) is 16.9. The lowest BCUT2D eigenvalue weighted by atomic mass is 10.2. The molecule has 0 spiro atoms. The van der Waals surface area contributed by atoms with Gasteiger partial charge in [0.25, 0.3) is 0 Å². The van der Waals surface area contributed by atoms with Gasteiger partial charge in [-0.05, 0) is 43.7 Å². The molecule has 0 fully saturated rings. The largest absolute Gasteiger partial charge is 0.447 e. The normalized spacial score (nSPS) is 14.3. The Hall–Kier alpha value is -1.67. The predicted octanol–water partition coefficient (Wildman–Crippen LogP) is 5.92. The molecule has 2 aromatic rings. The summed E-state index contributed by atoms with van der Waals surface area (Å²) in [5, 5.41) is 0. The summed E-state index contributed by atoms with van der Waals surface area (Å²) < 4.78 is 6.09. The van der Waals surface area contributed by atoms with E-state index in [-0.39, 0.29) is 10.9 Å². The molecule has 0 saturated carbocycles. The third kappa shape index (κ3) is 2.73. The van der Waals surface area contributed by atoms with E-state index in [0.29, 0.717) is 0 Å². The van der Waals surface area contributed by atoms with Crippen LogP contribution in [0.1, 0.15) is 33.1 Å². The van der Waals surface area contributed by atoms with Crippen molar-refractivity contribution < 1.29 is 4.74 Å². The fourth-order valence-corrected chi connectivity index (χ4v) is 5.08. The fourth-order valence-electron chi connectivity index (χ4n) is 2.64. The van der Waals surface area contributed by atoms with Gasteiger partial charge in [-0.1, -0.05) is 37.6 Å². The molecule has 0 aliphatic carbocycles. The fraction of sp³-hybridized carbons (Fsp3) is 0.263. The number of unbranched alkanes of at least 4 members (excludes halogenated alkanes) is 1. The smallest absolute Gasteiger partial charge is 0.208 e. The molecule has 1 aliphatic heterocycles. The van der Waals surface area contributed by atoms with Crippen LogP contribution in [0.5, 0.6) is 11.5 Å². The van der Waals surface area contributed by atoms with Crippen molar-refractivity contribution >= 4 is 10.9 Å². The topological polar surface area (TPSA) is 9.23 Å². The number of hydrogen-bond acceptors (Lipinski definition) is 1. The second-order valence-corrected chi connectivity index (χ2v) is 7.18. The first kappa shape index (κ1) is 14.3. The lowest BCUT2D eigenvalue weighted by Crippen LogP contribution is -2.14. The second kappa shape index (κ2) is 6.40. The minimum atomic E-state index is 0.00228. The molecule has 0 unspecified atom stereocenters. The predicted molar refractivity (Wildman–Crippen MR) is 90.1 cm³/mol.